The largest absolute Gasteiger partial charge is 0.512 e. The van der Waals surface area contributed by atoms with Crippen molar-refractivity contribution in [2.75, 3.05) is 23.3 Å². The van der Waals surface area contributed by atoms with Crippen molar-refractivity contribution < 1.29 is 19.7 Å². The van der Waals surface area contributed by atoms with Gasteiger partial charge in [0, 0.05) is 43.4 Å². The van der Waals surface area contributed by atoms with E-state index in [1.165, 1.54) is 36.7 Å². The molecule has 4 rings (SSSR count). The summed E-state index contributed by atoms with van der Waals surface area (Å²) in [6.45, 7) is 3.09. The quantitative estimate of drug-likeness (QED) is 0.332. The number of aliphatic hydroxyl groups excluding tert-OH is 1. The van der Waals surface area contributed by atoms with E-state index in [-0.39, 0.29) is 23.8 Å². The number of nitrogens with zero attached hydrogens (tertiary/aromatic N) is 2. The third kappa shape index (κ3) is 6.72. The van der Waals surface area contributed by atoms with Gasteiger partial charge in [-0.25, -0.2) is 0 Å². The molecule has 2 aliphatic rings. The highest BCUT2D eigenvalue weighted by atomic mass is 35.5. The number of anilines is 2. The number of carbonyl (C=O) groups excluding carboxylic acids is 1. The fraction of sp³-hybridized carbons (Fsp3) is 0.304. The number of rotatable bonds is 4. The Morgan fingerprint density at radius 3 is 2.58 bits per heavy atom. The lowest BCUT2D eigenvalue weighted by atomic mass is 10.0. The molecule has 0 saturated carbocycles. The maximum absolute atomic E-state index is 12.1. The van der Waals surface area contributed by atoms with Gasteiger partial charge in [-0.1, -0.05) is 11.6 Å². The summed E-state index contributed by atoms with van der Waals surface area (Å²) in [4.78, 5) is 13.2. The molecular weight excluding hydrogens is 464 g/mol. The van der Waals surface area contributed by atoms with E-state index in [9.17, 15) is 13.2 Å². The van der Waals surface area contributed by atoms with Crippen LogP contribution in [0.3, 0.4) is 0 Å². The van der Waals surface area contributed by atoms with Crippen LogP contribution in [0, 0.1) is 0 Å². The fourth-order valence-corrected chi connectivity index (χ4v) is 4.70. The Hall–Kier alpha value is -3.04. The third-order valence-electron chi connectivity index (χ3n) is 5.11. The number of aliphatic hydroxyl groups is 1. The number of hydrogen-bond donors (Lipinski definition) is 3. The van der Waals surface area contributed by atoms with E-state index in [0.29, 0.717) is 18.7 Å². The summed E-state index contributed by atoms with van der Waals surface area (Å²) in [7, 11) is -3.96. The number of hydrogen-bond acceptors (Lipinski definition) is 5. The number of benzene rings is 2. The monoisotopic (exact) mass is 492 g/mol. The van der Waals surface area contributed by atoms with Gasteiger partial charge in [0.25, 0.3) is 10.0 Å². The van der Waals surface area contributed by atoms with Crippen molar-refractivity contribution in [3.8, 4) is 0 Å². The van der Waals surface area contributed by atoms with Crippen LogP contribution in [-0.4, -0.2) is 38.4 Å². The fourth-order valence-electron chi connectivity index (χ4n) is 3.59. The van der Waals surface area contributed by atoms with Crippen molar-refractivity contribution in [2.24, 2.45) is 10.1 Å². The predicted molar refractivity (Wildman–Crippen MR) is 134 cm³/mol. The van der Waals surface area contributed by atoms with E-state index < -0.39 is 10.0 Å². The van der Waals surface area contributed by atoms with Gasteiger partial charge < -0.3 is 21.1 Å². The van der Waals surface area contributed by atoms with Gasteiger partial charge in [0.2, 0.25) is 5.91 Å². The molecule has 2 aromatic rings. The Morgan fingerprint density at radius 2 is 1.94 bits per heavy atom. The minimum atomic E-state index is -3.96. The molecule has 4 N–H and O–H groups in total. The molecule has 0 aliphatic carbocycles. The second-order valence-electron chi connectivity index (χ2n) is 7.75. The number of amidine groups is 1. The molecule has 8 nitrogen and oxygen atoms in total. The minimum Gasteiger partial charge on any atom is -0.512 e. The van der Waals surface area contributed by atoms with Crippen molar-refractivity contribution in [3.63, 3.8) is 0 Å². The number of carbonyl (C=O) groups is 1. The second kappa shape index (κ2) is 10.7. The number of aryl methyl sites for hydroxylation is 1. The third-order valence-corrected chi connectivity index (χ3v) is 6.66. The standard InChI is InChI=1S/C14H17N3O4S.C9H10ClN.H2/c1-10(18)9-13(15)16-22(20,21)12-6-4-11(5-7-12)17-8-2-3-14(17)19;10-8-3-4-9-7(6-8)2-1-5-11-9;/h4-7,9,18H,2-3,8H2,1H3,(H2,15,16);3-4,6,11H,1-2,5H2;1H/b10-9-;;. The van der Waals surface area contributed by atoms with Crippen LogP contribution in [0.4, 0.5) is 11.4 Å². The molecule has 0 atom stereocenters. The summed E-state index contributed by atoms with van der Waals surface area (Å²) in [6, 6.07) is 11.9. The van der Waals surface area contributed by atoms with Crippen LogP contribution in [0.5, 0.6) is 0 Å². The van der Waals surface area contributed by atoms with Gasteiger partial charge in [0.05, 0.1) is 10.7 Å². The molecule has 0 bridgehead atoms. The number of nitrogens with one attached hydrogen (secondary N) is 1. The Morgan fingerprint density at radius 1 is 1.21 bits per heavy atom. The lowest BCUT2D eigenvalue weighted by Crippen LogP contribution is -2.23. The first-order valence-electron chi connectivity index (χ1n) is 10.6. The number of nitrogens with two attached hydrogens (primary N) is 1. The van der Waals surface area contributed by atoms with Gasteiger partial charge >= 0.3 is 0 Å². The Kier molecular flexibility index (Phi) is 7.99. The Bertz CT molecular complexity index is 1180. The molecule has 2 aromatic carbocycles. The van der Waals surface area contributed by atoms with Crippen LogP contribution in [0.15, 0.2) is 63.6 Å². The van der Waals surface area contributed by atoms with Crippen LogP contribution in [0.2, 0.25) is 5.02 Å². The average molecular weight is 493 g/mol. The maximum Gasteiger partial charge on any atom is 0.284 e. The van der Waals surface area contributed by atoms with Crippen molar-refractivity contribution in [3.05, 3.63) is 64.9 Å². The number of halogens is 1. The molecule has 33 heavy (non-hydrogen) atoms. The van der Waals surface area contributed by atoms with E-state index >= 15 is 0 Å². The molecule has 0 spiro atoms. The molecule has 10 heteroatoms. The van der Waals surface area contributed by atoms with Crippen LogP contribution in [0.1, 0.15) is 33.2 Å². The van der Waals surface area contributed by atoms with Crippen molar-refractivity contribution in [2.45, 2.75) is 37.5 Å². The maximum atomic E-state index is 12.1. The number of fused-ring (bicyclic) bond motifs is 1. The predicted octanol–water partition coefficient (Wildman–Crippen LogP) is 4.27. The van der Waals surface area contributed by atoms with Gasteiger partial charge in [-0.15, -0.1) is 4.40 Å². The molecular formula is C23H29ClN4O4S. The van der Waals surface area contributed by atoms with Gasteiger partial charge in [-0.3, -0.25) is 4.79 Å². The highest BCUT2D eigenvalue weighted by Gasteiger charge is 2.22. The summed E-state index contributed by atoms with van der Waals surface area (Å²) < 4.78 is 27.5. The van der Waals surface area contributed by atoms with Crippen molar-refractivity contribution in [1.82, 2.24) is 0 Å². The average Bonchev–Trinajstić information content (AvgIpc) is 3.19. The molecule has 0 unspecified atom stereocenters. The Balaban J connectivity index is 0.000000284. The first kappa shape index (κ1) is 24.6. The van der Waals surface area contributed by atoms with Crippen molar-refractivity contribution >= 4 is 44.7 Å². The van der Waals surface area contributed by atoms with Crippen LogP contribution in [-0.2, 0) is 21.2 Å². The van der Waals surface area contributed by atoms with Crippen LogP contribution in [0.25, 0.3) is 0 Å². The summed E-state index contributed by atoms with van der Waals surface area (Å²) >= 11 is 5.85. The SMILES string of the molecule is C/C(O)=C/C(N)=NS(=O)(=O)c1ccc(N2CCCC2=O)cc1.Clc1ccc2c(c1)CCCN2.[HH]. The summed E-state index contributed by atoms with van der Waals surface area (Å²) in [5, 5.41) is 13.2. The molecule has 0 radical (unpaired) electrons. The topological polar surface area (TPSA) is 125 Å². The molecule has 1 saturated heterocycles. The van der Waals surface area contributed by atoms with Gasteiger partial charge in [0.15, 0.2) is 0 Å². The van der Waals surface area contributed by atoms with Crippen LogP contribution < -0.4 is 16.0 Å². The zero-order valence-electron chi connectivity index (χ0n) is 18.3. The highest BCUT2D eigenvalue weighted by molar-refractivity contribution is 7.90. The zero-order valence-corrected chi connectivity index (χ0v) is 19.9. The molecule has 2 aliphatic heterocycles. The molecule has 2 heterocycles. The minimum absolute atomic E-state index is 0. The number of allylic oxidation sites excluding steroid dienone is 1. The summed E-state index contributed by atoms with van der Waals surface area (Å²) in [5.41, 5.74) is 8.69. The van der Waals surface area contributed by atoms with Gasteiger partial charge in [-0.2, -0.15) is 8.42 Å². The highest BCUT2D eigenvalue weighted by Crippen LogP contribution is 2.25. The van der Waals surface area contributed by atoms with E-state index in [0.717, 1.165) is 30.5 Å². The lowest BCUT2D eigenvalue weighted by Gasteiger charge is -2.17. The smallest absolute Gasteiger partial charge is 0.284 e. The number of amides is 1. The van der Waals surface area contributed by atoms with Crippen LogP contribution >= 0.6 is 11.6 Å². The summed E-state index contributed by atoms with van der Waals surface area (Å²) in [5.74, 6) is -0.417. The van der Waals surface area contributed by atoms with E-state index in [4.69, 9.17) is 22.4 Å². The first-order chi connectivity index (χ1) is 15.7. The molecule has 1 amide bonds. The second-order valence-corrected chi connectivity index (χ2v) is 9.79. The van der Waals surface area contributed by atoms with Gasteiger partial charge in [0.1, 0.15) is 5.84 Å². The zero-order chi connectivity index (χ0) is 24.0. The summed E-state index contributed by atoms with van der Waals surface area (Å²) in [6.07, 6.45) is 4.73. The van der Waals surface area contributed by atoms with E-state index in [1.807, 2.05) is 12.1 Å². The van der Waals surface area contributed by atoms with Crippen molar-refractivity contribution in [1.29, 1.82) is 0 Å². The normalized spacial score (nSPS) is 16.5. The van der Waals surface area contributed by atoms with E-state index in [1.54, 1.807) is 17.0 Å². The van der Waals surface area contributed by atoms with Gasteiger partial charge in [-0.05, 0) is 74.2 Å². The lowest BCUT2D eigenvalue weighted by molar-refractivity contribution is -0.117. The molecule has 0 aromatic heterocycles. The number of sulfonamides is 1. The molecule has 178 valence electrons. The Labute approximate surface area is 200 Å². The molecule has 1 fully saturated rings. The first-order valence-corrected chi connectivity index (χ1v) is 12.4. The van der Waals surface area contributed by atoms with E-state index in [2.05, 4.69) is 15.8 Å².